The smallest absolute Gasteiger partial charge is 0.269 e. The summed E-state index contributed by atoms with van der Waals surface area (Å²) in [5, 5.41) is 11.0. The largest absolute Gasteiger partial charge is 0.335 e. The van der Waals surface area contributed by atoms with E-state index in [0.717, 1.165) is 0 Å². The molecule has 0 aromatic heterocycles. The molecule has 156 valence electrons. The molecular formula is C20H25N3O5S. The second-order valence-corrected chi connectivity index (χ2v) is 8.61. The zero-order valence-electron chi connectivity index (χ0n) is 16.8. The SMILES string of the molecule is CC[C@H](C)NS(=O)(=O)c1ccc(C(=O)N(C)[C@@H](C)c2cccc([N+](=O)[O-])c2)cc1. The molecule has 0 fully saturated rings. The van der Waals surface area contributed by atoms with E-state index in [1.165, 1.54) is 41.3 Å². The van der Waals surface area contributed by atoms with E-state index in [4.69, 9.17) is 0 Å². The summed E-state index contributed by atoms with van der Waals surface area (Å²) < 4.78 is 27.2. The average Bonchev–Trinajstić information content (AvgIpc) is 2.71. The lowest BCUT2D eigenvalue weighted by Gasteiger charge is -2.25. The van der Waals surface area contributed by atoms with Crippen LogP contribution in [0.2, 0.25) is 0 Å². The minimum Gasteiger partial charge on any atom is -0.335 e. The maximum Gasteiger partial charge on any atom is 0.269 e. The van der Waals surface area contributed by atoms with Crippen LogP contribution in [0.5, 0.6) is 0 Å². The minimum absolute atomic E-state index is 0.0430. The molecule has 1 amide bonds. The fourth-order valence-corrected chi connectivity index (χ4v) is 4.02. The highest BCUT2D eigenvalue weighted by Crippen LogP contribution is 2.24. The fraction of sp³-hybridized carbons (Fsp3) is 0.350. The summed E-state index contributed by atoms with van der Waals surface area (Å²) in [6.07, 6.45) is 0.663. The molecule has 8 nitrogen and oxygen atoms in total. The average molecular weight is 420 g/mol. The molecule has 0 aliphatic heterocycles. The molecule has 0 aliphatic carbocycles. The van der Waals surface area contributed by atoms with E-state index in [0.29, 0.717) is 17.5 Å². The Labute approximate surface area is 170 Å². The molecule has 0 saturated heterocycles. The Morgan fingerprint density at radius 3 is 2.34 bits per heavy atom. The third kappa shape index (κ3) is 5.39. The predicted octanol–water partition coefficient (Wildman–Crippen LogP) is 3.50. The first-order valence-electron chi connectivity index (χ1n) is 9.20. The van der Waals surface area contributed by atoms with Gasteiger partial charge in [-0.15, -0.1) is 0 Å². The number of amides is 1. The molecule has 2 aromatic carbocycles. The second kappa shape index (κ2) is 9.15. The van der Waals surface area contributed by atoms with Crippen molar-refractivity contribution in [3.8, 4) is 0 Å². The van der Waals surface area contributed by atoms with Crippen molar-refractivity contribution in [2.45, 2.75) is 44.2 Å². The van der Waals surface area contributed by atoms with E-state index < -0.39 is 21.0 Å². The van der Waals surface area contributed by atoms with Gasteiger partial charge in [-0.1, -0.05) is 19.1 Å². The van der Waals surface area contributed by atoms with E-state index in [-0.39, 0.29) is 22.5 Å². The number of hydrogen-bond acceptors (Lipinski definition) is 5. The maximum absolute atomic E-state index is 12.8. The molecule has 9 heteroatoms. The summed E-state index contributed by atoms with van der Waals surface area (Å²) in [6.45, 7) is 5.43. The summed E-state index contributed by atoms with van der Waals surface area (Å²) >= 11 is 0. The number of nitrogens with one attached hydrogen (secondary N) is 1. The first-order chi connectivity index (χ1) is 13.6. The van der Waals surface area contributed by atoms with Crippen molar-refractivity contribution in [2.24, 2.45) is 0 Å². The topological polar surface area (TPSA) is 110 Å². The molecular weight excluding hydrogens is 394 g/mol. The number of benzene rings is 2. The highest BCUT2D eigenvalue weighted by molar-refractivity contribution is 7.89. The number of nitro groups is 1. The minimum atomic E-state index is -3.65. The second-order valence-electron chi connectivity index (χ2n) is 6.90. The van der Waals surface area contributed by atoms with Gasteiger partial charge in [-0.3, -0.25) is 14.9 Å². The number of nitro benzene ring substituents is 1. The van der Waals surface area contributed by atoms with E-state index in [1.54, 1.807) is 33.0 Å². The molecule has 1 N–H and O–H groups in total. The van der Waals surface area contributed by atoms with Gasteiger partial charge in [0.1, 0.15) is 0 Å². The predicted molar refractivity (Wildman–Crippen MR) is 110 cm³/mol. The zero-order chi connectivity index (χ0) is 21.8. The monoisotopic (exact) mass is 419 g/mol. The molecule has 0 heterocycles. The normalized spacial score (nSPS) is 13.5. The van der Waals surface area contributed by atoms with Gasteiger partial charge in [0.25, 0.3) is 11.6 Å². The molecule has 0 spiro atoms. The number of non-ortho nitro benzene ring substituents is 1. The summed E-state index contributed by atoms with van der Waals surface area (Å²) in [4.78, 5) is 24.8. The molecule has 2 rings (SSSR count). The van der Waals surface area contributed by atoms with Crippen molar-refractivity contribution >= 4 is 21.6 Å². The first-order valence-corrected chi connectivity index (χ1v) is 10.7. The van der Waals surface area contributed by atoms with E-state index in [2.05, 4.69) is 4.72 Å². The van der Waals surface area contributed by atoms with Crippen molar-refractivity contribution in [1.82, 2.24) is 9.62 Å². The van der Waals surface area contributed by atoms with Crippen LogP contribution in [0.15, 0.2) is 53.4 Å². The van der Waals surface area contributed by atoms with Crippen LogP contribution in [0.1, 0.15) is 49.2 Å². The van der Waals surface area contributed by atoms with Gasteiger partial charge in [-0.05, 0) is 50.1 Å². The molecule has 0 radical (unpaired) electrons. The van der Waals surface area contributed by atoms with Crippen LogP contribution in [-0.4, -0.2) is 37.2 Å². The van der Waals surface area contributed by atoms with Crippen molar-refractivity contribution in [3.63, 3.8) is 0 Å². The lowest BCUT2D eigenvalue weighted by molar-refractivity contribution is -0.384. The van der Waals surface area contributed by atoms with Gasteiger partial charge in [0.05, 0.1) is 15.9 Å². The Kier molecular flexibility index (Phi) is 7.10. The number of hydrogen-bond donors (Lipinski definition) is 1. The van der Waals surface area contributed by atoms with Crippen LogP contribution in [0, 0.1) is 10.1 Å². The van der Waals surface area contributed by atoms with Crippen LogP contribution in [-0.2, 0) is 10.0 Å². The van der Waals surface area contributed by atoms with Crippen LogP contribution in [0.3, 0.4) is 0 Å². The third-order valence-corrected chi connectivity index (χ3v) is 6.45. The highest BCUT2D eigenvalue weighted by Gasteiger charge is 2.22. The number of carbonyl (C=O) groups excluding carboxylic acids is 1. The Morgan fingerprint density at radius 2 is 1.79 bits per heavy atom. The molecule has 2 aromatic rings. The molecule has 0 saturated carbocycles. The quantitative estimate of drug-likeness (QED) is 0.520. The van der Waals surface area contributed by atoms with E-state index >= 15 is 0 Å². The molecule has 0 unspecified atom stereocenters. The van der Waals surface area contributed by atoms with Gasteiger partial charge in [0, 0.05) is 30.8 Å². The van der Waals surface area contributed by atoms with Crippen LogP contribution in [0.4, 0.5) is 5.69 Å². The Bertz CT molecular complexity index is 989. The van der Waals surface area contributed by atoms with Crippen molar-refractivity contribution in [1.29, 1.82) is 0 Å². The van der Waals surface area contributed by atoms with Gasteiger partial charge >= 0.3 is 0 Å². The van der Waals surface area contributed by atoms with E-state index in [1.807, 2.05) is 6.92 Å². The first kappa shape index (κ1) is 22.5. The van der Waals surface area contributed by atoms with Gasteiger partial charge < -0.3 is 4.90 Å². The maximum atomic E-state index is 12.8. The zero-order valence-corrected chi connectivity index (χ0v) is 17.6. The van der Waals surface area contributed by atoms with Crippen LogP contribution in [0.25, 0.3) is 0 Å². The van der Waals surface area contributed by atoms with Gasteiger partial charge in [-0.2, -0.15) is 0 Å². The van der Waals surface area contributed by atoms with Crippen LogP contribution < -0.4 is 4.72 Å². The highest BCUT2D eigenvalue weighted by atomic mass is 32.2. The standard InChI is InChI=1S/C20H25N3O5S/c1-5-14(2)21-29(27,28)19-11-9-16(10-12-19)20(24)22(4)15(3)17-7-6-8-18(13-17)23(25)26/h6-15,21H,5H2,1-4H3/t14-,15-/m0/s1. The van der Waals surface area contributed by atoms with Gasteiger partial charge in [0.2, 0.25) is 10.0 Å². The lowest BCUT2D eigenvalue weighted by Crippen LogP contribution is -2.32. The van der Waals surface area contributed by atoms with Crippen molar-refractivity contribution < 1.29 is 18.1 Å². The third-order valence-electron chi connectivity index (χ3n) is 4.85. The summed E-state index contributed by atoms with van der Waals surface area (Å²) in [6, 6.07) is 11.2. The number of rotatable bonds is 8. The number of nitrogens with zero attached hydrogens (tertiary/aromatic N) is 2. The Balaban J connectivity index is 2.19. The molecule has 29 heavy (non-hydrogen) atoms. The fourth-order valence-electron chi connectivity index (χ4n) is 2.69. The molecule has 0 bridgehead atoms. The summed E-state index contributed by atoms with van der Waals surface area (Å²) in [5.41, 5.74) is 0.915. The lowest BCUT2D eigenvalue weighted by atomic mass is 10.1. The molecule has 0 aliphatic rings. The molecule has 2 atom stereocenters. The van der Waals surface area contributed by atoms with Crippen molar-refractivity contribution in [2.75, 3.05) is 7.05 Å². The van der Waals surface area contributed by atoms with Gasteiger partial charge in [-0.25, -0.2) is 13.1 Å². The van der Waals surface area contributed by atoms with Crippen molar-refractivity contribution in [3.05, 3.63) is 69.8 Å². The van der Waals surface area contributed by atoms with Gasteiger partial charge in [0.15, 0.2) is 0 Å². The summed E-state index contributed by atoms with van der Waals surface area (Å²) in [7, 11) is -2.05. The Hall–Kier alpha value is -2.78. The Morgan fingerprint density at radius 1 is 1.17 bits per heavy atom. The number of sulfonamides is 1. The number of carbonyl (C=O) groups is 1. The van der Waals surface area contributed by atoms with E-state index in [9.17, 15) is 23.3 Å². The summed E-state index contributed by atoms with van der Waals surface area (Å²) in [5.74, 6) is -0.317. The van der Waals surface area contributed by atoms with Crippen LogP contribution >= 0.6 is 0 Å².